The highest BCUT2D eigenvalue weighted by Gasteiger charge is 2.15. The molecule has 4 nitrogen and oxygen atoms in total. The van der Waals surface area contributed by atoms with Crippen LogP contribution in [0.1, 0.15) is 0 Å². The van der Waals surface area contributed by atoms with E-state index in [2.05, 4.69) is 55.4 Å². The maximum atomic E-state index is 4.58. The molecule has 1 N–H and O–H groups in total. The zero-order chi connectivity index (χ0) is 16.5. The lowest BCUT2D eigenvalue weighted by Crippen LogP contribution is -3.00. The summed E-state index contributed by atoms with van der Waals surface area (Å²) in [5.74, 6) is 0. The number of nitrogens with one attached hydrogen (secondary N) is 1. The molecule has 0 aliphatic heterocycles. The number of fused-ring (bicyclic) bond motifs is 1. The first-order valence-corrected chi connectivity index (χ1v) is 9.06. The number of aromatic nitrogens is 2. The molecule has 4 rings (SSSR count). The van der Waals surface area contributed by atoms with Gasteiger partial charge in [-0.2, -0.15) is 0 Å². The number of nitrogens with zero attached hydrogens (tertiary/aromatic N) is 3. The zero-order valence-corrected chi connectivity index (χ0v) is 17.3. The summed E-state index contributed by atoms with van der Waals surface area (Å²) in [6.07, 6.45) is 1.98. The standard InChI is InChI=1S/C18H14BrN4S.BrH/c1-23-11-15(19)24-18(23)22-21-17-13-9-5-6-10-14(13)20-16(17)12-7-3-2-4-8-12;/h2-11,20H,1H3;1H/q+1;/p-1. The highest BCUT2D eigenvalue weighted by molar-refractivity contribution is 9.11. The van der Waals surface area contributed by atoms with Crippen molar-refractivity contribution in [3.05, 3.63) is 64.6 Å². The van der Waals surface area contributed by atoms with Crippen LogP contribution in [0.4, 0.5) is 10.8 Å². The SMILES string of the molecule is Cn1cc(Br)s[c+]1N=Nc1c(-c2ccccc2)[nH]c2ccccc12.[Br-]. The van der Waals surface area contributed by atoms with Crippen molar-refractivity contribution in [1.82, 2.24) is 9.55 Å². The normalized spacial score (nSPS) is 11.1. The van der Waals surface area contributed by atoms with E-state index in [0.717, 1.165) is 36.8 Å². The zero-order valence-electron chi connectivity index (χ0n) is 13.3. The van der Waals surface area contributed by atoms with Crippen LogP contribution >= 0.6 is 27.3 Å². The molecule has 4 aromatic rings. The molecule has 0 atom stereocenters. The molecular weight excluding hydrogens is 464 g/mol. The Morgan fingerprint density at radius 3 is 2.52 bits per heavy atom. The number of H-pyrrole nitrogens is 1. The fourth-order valence-corrected chi connectivity index (χ4v) is 4.03. The second-order valence-electron chi connectivity index (χ2n) is 5.39. The molecule has 2 aromatic heterocycles. The van der Waals surface area contributed by atoms with Gasteiger partial charge in [0.25, 0.3) is 0 Å². The van der Waals surface area contributed by atoms with Gasteiger partial charge in [-0.3, -0.25) is 0 Å². The number of hydrogen-bond donors (Lipinski definition) is 1. The molecule has 0 radical (unpaired) electrons. The minimum atomic E-state index is 0. The topological polar surface area (TPSA) is 45.4 Å². The van der Waals surface area contributed by atoms with E-state index in [1.54, 1.807) is 11.3 Å². The molecule has 2 heterocycles. The quantitative estimate of drug-likeness (QED) is 0.345. The highest BCUT2D eigenvalue weighted by atomic mass is 79.9. The number of benzene rings is 2. The lowest BCUT2D eigenvalue weighted by atomic mass is 10.1. The number of rotatable bonds is 3. The molecule has 0 saturated carbocycles. The Hall–Kier alpha value is -1.83. The summed E-state index contributed by atoms with van der Waals surface area (Å²) in [6.45, 7) is 0. The molecule has 2 aromatic carbocycles. The predicted molar refractivity (Wildman–Crippen MR) is 103 cm³/mol. The van der Waals surface area contributed by atoms with Gasteiger partial charge in [0.1, 0.15) is 5.69 Å². The van der Waals surface area contributed by atoms with Gasteiger partial charge in [-0.15, -0.1) is 5.11 Å². The summed E-state index contributed by atoms with van der Waals surface area (Å²) in [6, 6.07) is 18.4. The predicted octanol–water partition coefficient (Wildman–Crippen LogP) is 3.70. The van der Waals surface area contributed by atoms with Gasteiger partial charge in [-0.1, -0.05) is 48.5 Å². The van der Waals surface area contributed by atoms with Crippen molar-refractivity contribution in [1.29, 1.82) is 0 Å². The van der Waals surface area contributed by atoms with E-state index in [9.17, 15) is 0 Å². The summed E-state index contributed by atoms with van der Waals surface area (Å²) in [5.41, 5.74) is 4.00. The van der Waals surface area contributed by atoms with Crippen LogP contribution in [0.5, 0.6) is 0 Å². The molecule has 0 fully saturated rings. The first-order chi connectivity index (χ1) is 11.7. The number of azo groups is 1. The van der Waals surface area contributed by atoms with Gasteiger partial charge in [-0.05, 0) is 11.2 Å². The van der Waals surface area contributed by atoms with Gasteiger partial charge in [0.15, 0.2) is 6.20 Å². The van der Waals surface area contributed by atoms with E-state index >= 15 is 0 Å². The molecule has 0 amide bonds. The first kappa shape index (κ1) is 18.0. The van der Waals surface area contributed by atoms with Crippen LogP contribution in [0.2, 0.25) is 0 Å². The third kappa shape index (κ3) is 3.58. The van der Waals surface area contributed by atoms with Crippen LogP contribution in [-0.4, -0.2) is 9.55 Å². The van der Waals surface area contributed by atoms with Crippen molar-refractivity contribution in [3.63, 3.8) is 0 Å². The lowest BCUT2D eigenvalue weighted by molar-refractivity contribution is -0.00000465. The van der Waals surface area contributed by atoms with Crippen LogP contribution < -0.4 is 17.0 Å². The van der Waals surface area contributed by atoms with Gasteiger partial charge in [0.05, 0.1) is 33.0 Å². The third-order valence-electron chi connectivity index (χ3n) is 3.76. The Kier molecular flexibility index (Phi) is 5.46. The second-order valence-corrected chi connectivity index (χ2v) is 7.78. The summed E-state index contributed by atoms with van der Waals surface area (Å²) >= 11 is 5.03. The molecule has 126 valence electrons. The van der Waals surface area contributed by atoms with Crippen molar-refractivity contribution in [3.8, 4) is 11.3 Å². The highest BCUT2D eigenvalue weighted by Crippen LogP contribution is 2.38. The number of halogens is 2. The minimum absolute atomic E-state index is 0. The Morgan fingerprint density at radius 1 is 1.08 bits per heavy atom. The fraction of sp³-hybridized carbons (Fsp3) is 0.0556. The van der Waals surface area contributed by atoms with Gasteiger partial charge in [0.2, 0.25) is 3.79 Å². The number of thiazole rings is 1. The van der Waals surface area contributed by atoms with E-state index in [-0.39, 0.29) is 17.0 Å². The van der Waals surface area contributed by atoms with Gasteiger partial charge in [-0.25, -0.2) is 4.57 Å². The molecule has 7 heteroatoms. The Balaban J connectivity index is 0.00000182. The number of aromatic amines is 1. The monoisotopic (exact) mass is 476 g/mol. The molecule has 0 aliphatic carbocycles. The van der Waals surface area contributed by atoms with Gasteiger partial charge in [0, 0.05) is 23.5 Å². The summed E-state index contributed by atoms with van der Waals surface area (Å²) in [4.78, 5) is 3.47. The van der Waals surface area contributed by atoms with E-state index < -0.39 is 0 Å². The van der Waals surface area contributed by atoms with Crippen molar-refractivity contribution in [2.75, 3.05) is 0 Å². The maximum absolute atomic E-state index is 4.58. The maximum Gasteiger partial charge on any atom is 0.318 e. The molecule has 0 spiro atoms. The summed E-state index contributed by atoms with van der Waals surface area (Å²) < 4.78 is 2.98. The Morgan fingerprint density at radius 2 is 1.80 bits per heavy atom. The van der Waals surface area contributed by atoms with E-state index in [0.29, 0.717) is 0 Å². The Labute approximate surface area is 168 Å². The number of para-hydroxylation sites is 1. The smallest absolute Gasteiger partial charge is 0.318 e. The van der Waals surface area contributed by atoms with Crippen LogP contribution in [0.25, 0.3) is 22.2 Å². The van der Waals surface area contributed by atoms with Crippen LogP contribution in [-0.2, 0) is 7.05 Å². The molecule has 25 heavy (non-hydrogen) atoms. The summed E-state index contributed by atoms with van der Waals surface area (Å²) in [7, 11) is 1.96. The van der Waals surface area contributed by atoms with Crippen molar-refractivity contribution >= 4 is 49.0 Å². The van der Waals surface area contributed by atoms with Gasteiger partial charge >= 0.3 is 5.13 Å². The molecule has 0 saturated heterocycles. The molecule has 0 unspecified atom stereocenters. The molecule has 0 aliphatic rings. The van der Waals surface area contributed by atoms with Crippen LogP contribution in [0.3, 0.4) is 0 Å². The van der Waals surface area contributed by atoms with Gasteiger partial charge < -0.3 is 22.0 Å². The molecule has 0 bridgehead atoms. The van der Waals surface area contributed by atoms with Crippen LogP contribution in [0, 0.1) is 0 Å². The molecular formula is C18H14Br2N4S. The lowest BCUT2D eigenvalue weighted by Gasteiger charge is -1.99. The van der Waals surface area contributed by atoms with E-state index in [1.807, 2.05) is 48.1 Å². The average Bonchev–Trinajstić information content (AvgIpc) is 3.13. The minimum Gasteiger partial charge on any atom is -1.00 e. The number of hydrogen-bond acceptors (Lipinski definition) is 3. The summed E-state index contributed by atoms with van der Waals surface area (Å²) in [5, 5.41) is 10.9. The average molecular weight is 478 g/mol. The van der Waals surface area contributed by atoms with Crippen molar-refractivity contribution < 1.29 is 17.0 Å². The van der Waals surface area contributed by atoms with E-state index in [4.69, 9.17) is 0 Å². The second kappa shape index (κ2) is 7.59. The van der Waals surface area contributed by atoms with Crippen molar-refractivity contribution in [2.24, 2.45) is 17.3 Å². The van der Waals surface area contributed by atoms with Crippen LogP contribution in [0.15, 0.2) is 74.8 Å². The largest absolute Gasteiger partial charge is 1.00 e. The third-order valence-corrected chi connectivity index (χ3v) is 5.31. The van der Waals surface area contributed by atoms with E-state index in [1.165, 1.54) is 0 Å². The first-order valence-electron chi connectivity index (χ1n) is 7.45. The number of aryl methyl sites for hydroxylation is 1. The van der Waals surface area contributed by atoms with Crippen molar-refractivity contribution in [2.45, 2.75) is 0 Å². The Bertz CT molecular complexity index is 1040. The fourth-order valence-electron chi connectivity index (χ4n) is 2.62.